The Balaban J connectivity index is 1.53. The molecule has 1 aliphatic rings. The summed E-state index contributed by atoms with van der Waals surface area (Å²) in [6, 6.07) is 15.9. The molecule has 2 heterocycles. The van der Waals surface area contributed by atoms with Gasteiger partial charge in [-0.05, 0) is 62.0 Å². The van der Waals surface area contributed by atoms with Crippen molar-refractivity contribution in [2.24, 2.45) is 0 Å². The Kier molecular flexibility index (Phi) is 7.05. The molecule has 1 aromatic heterocycles. The van der Waals surface area contributed by atoms with Crippen molar-refractivity contribution in [3.63, 3.8) is 0 Å². The van der Waals surface area contributed by atoms with Crippen LogP contribution in [0.25, 0.3) is 22.0 Å². The summed E-state index contributed by atoms with van der Waals surface area (Å²) in [5.74, 6) is 0. The van der Waals surface area contributed by atoms with Crippen molar-refractivity contribution in [2.45, 2.75) is 39.5 Å². The fourth-order valence-electron chi connectivity index (χ4n) is 4.20. The third-order valence-corrected chi connectivity index (χ3v) is 6.07. The quantitative estimate of drug-likeness (QED) is 0.600. The van der Waals surface area contributed by atoms with E-state index in [9.17, 15) is 9.59 Å². The van der Waals surface area contributed by atoms with Crippen molar-refractivity contribution in [1.29, 1.82) is 0 Å². The number of ether oxygens (including phenoxy) is 1. The molecule has 3 aromatic rings. The Morgan fingerprint density at radius 2 is 1.74 bits per heavy atom. The van der Waals surface area contributed by atoms with Gasteiger partial charge in [-0.2, -0.15) is 0 Å². The second-order valence-electron chi connectivity index (χ2n) is 10.0. The van der Waals surface area contributed by atoms with Gasteiger partial charge in [-0.15, -0.1) is 0 Å². The lowest BCUT2D eigenvalue weighted by Crippen LogP contribution is -2.43. The molecule has 7 nitrogen and oxygen atoms in total. The lowest BCUT2D eigenvalue weighted by Gasteiger charge is -2.32. The van der Waals surface area contributed by atoms with Crippen LogP contribution >= 0.6 is 0 Å². The van der Waals surface area contributed by atoms with Crippen LogP contribution in [-0.4, -0.2) is 59.7 Å². The molecular weight excluding hydrogens is 428 g/mol. The Labute approximate surface area is 200 Å². The highest BCUT2D eigenvalue weighted by Gasteiger charge is 2.17. The molecule has 2 aromatic carbocycles. The molecule has 7 heteroatoms. The van der Waals surface area contributed by atoms with Crippen LogP contribution in [0.1, 0.15) is 31.9 Å². The van der Waals surface area contributed by atoms with Crippen LogP contribution in [-0.2, 0) is 17.8 Å². The number of hydrogen-bond acceptors (Lipinski definition) is 5. The van der Waals surface area contributed by atoms with E-state index in [0.29, 0.717) is 5.39 Å². The van der Waals surface area contributed by atoms with Crippen molar-refractivity contribution >= 4 is 16.9 Å². The Morgan fingerprint density at radius 1 is 1.03 bits per heavy atom. The number of rotatable bonds is 5. The third-order valence-electron chi connectivity index (χ3n) is 6.07. The fraction of sp³-hybridized carbons (Fsp3) is 0.407. The molecule has 1 fully saturated rings. The van der Waals surface area contributed by atoms with Gasteiger partial charge in [0.15, 0.2) is 0 Å². The number of benzene rings is 2. The molecular formula is C27H34N4O3. The molecule has 4 rings (SSSR count). The summed E-state index contributed by atoms with van der Waals surface area (Å²) in [4.78, 5) is 32.8. The van der Waals surface area contributed by atoms with Gasteiger partial charge in [-0.25, -0.2) is 4.79 Å². The molecule has 0 atom stereocenters. The number of piperazine rings is 1. The van der Waals surface area contributed by atoms with E-state index < -0.39 is 11.7 Å². The van der Waals surface area contributed by atoms with Gasteiger partial charge in [0.2, 0.25) is 0 Å². The number of aromatic nitrogens is 1. The zero-order chi connectivity index (χ0) is 24.3. The minimum absolute atomic E-state index is 0.145. The molecule has 180 valence electrons. The van der Waals surface area contributed by atoms with Crippen molar-refractivity contribution in [2.75, 3.05) is 33.2 Å². The van der Waals surface area contributed by atoms with Gasteiger partial charge in [0.05, 0.1) is 0 Å². The number of amides is 1. The number of likely N-dealkylation sites (N-methyl/N-ethyl adjacent to an activating group) is 1. The average molecular weight is 463 g/mol. The van der Waals surface area contributed by atoms with E-state index >= 15 is 0 Å². The van der Waals surface area contributed by atoms with E-state index in [4.69, 9.17) is 4.74 Å². The second kappa shape index (κ2) is 9.99. The number of H-pyrrole nitrogens is 1. The first-order chi connectivity index (χ1) is 16.2. The number of aromatic amines is 1. The molecule has 2 N–H and O–H groups in total. The van der Waals surface area contributed by atoms with Gasteiger partial charge >= 0.3 is 6.09 Å². The zero-order valence-electron chi connectivity index (χ0n) is 20.5. The zero-order valence-corrected chi connectivity index (χ0v) is 20.5. The van der Waals surface area contributed by atoms with E-state index in [1.165, 1.54) is 5.56 Å². The molecule has 0 bridgehead atoms. The Bertz CT molecular complexity index is 1200. The Morgan fingerprint density at radius 3 is 2.41 bits per heavy atom. The first kappa shape index (κ1) is 24.0. The van der Waals surface area contributed by atoms with Crippen molar-refractivity contribution in [3.8, 4) is 11.3 Å². The molecule has 34 heavy (non-hydrogen) atoms. The van der Waals surface area contributed by atoms with E-state index in [-0.39, 0.29) is 12.1 Å². The van der Waals surface area contributed by atoms with Gasteiger partial charge in [-0.3, -0.25) is 9.69 Å². The van der Waals surface area contributed by atoms with E-state index in [0.717, 1.165) is 54.9 Å². The second-order valence-corrected chi connectivity index (χ2v) is 10.0. The first-order valence-electron chi connectivity index (χ1n) is 11.8. The van der Waals surface area contributed by atoms with Crippen LogP contribution in [0, 0.1) is 0 Å². The van der Waals surface area contributed by atoms with Crippen LogP contribution in [0.5, 0.6) is 0 Å². The van der Waals surface area contributed by atoms with Gasteiger partial charge in [-0.1, -0.05) is 36.4 Å². The van der Waals surface area contributed by atoms with Crippen molar-refractivity contribution < 1.29 is 9.53 Å². The van der Waals surface area contributed by atoms with Gasteiger partial charge in [0, 0.05) is 50.3 Å². The summed E-state index contributed by atoms with van der Waals surface area (Å²) in [6.07, 6.45) is -0.481. The molecule has 0 spiro atoms. The number of hydrogen-bond donors (Lipinski definition) is 2. The lowest BCUT2D eigenvalue weighted by molar-refractivity contribution is 0.0524. The molecule has 1 saturated heterocycles. The summed E-state index contributed by atoms with van der Waals surface area (Å²) in [7, 11) is 2.16. The summed E-state index contributed by atoms with van der Waals surface area (Å²) in [5, 5.41) is 4.21. The largest absolute Gasteiger partial charge is 0.444 e. The predicted molar refractivity (Wildman–Crippen MR) is 136 cm³/mol. The topological polar surface area (TPSA) is 77.7 Å². The number of carbonyl (C=O) groups excluding carboxylic acids is 1. The molecule has 0 saturated carbocycles. The summed E-state index contributed by atoms with van der Waals surface area (Å²) >= 11 is 0. The normalized spacial score (nSPS) is 15.4. The summed E-state index contributed by atoms with van der Waals surface area (Å²) in [6.45, 7) is 11.0. The number of pyridine rings is 1. The first-order valence-corrected chi connectivity index (χ1v) is 11.8. The fourth-order valence-corrected chi connectivity index (χ4v) is 4.20. The number of nitrogens with zero attached hydrogens (tertiary/aromatic N) is 2. The lowest BCUT2D eigenvalue weighted by atomic mass is 10.0. The molecule has 1 aliphatic heterocycles. The minimum Gasteiger partial charge on any atom is -0.444 e. The predicted octanol–water partition coefficient (Wildman–Crippen LogP) is 3.97. The highest BCUT2D eigenvalue weighted by molar-refractivity contribution is 5.88. The SMILES string of the molecule is CN1CCN(Cc2ccc(-c3cc4c(CNC(=O)OC(C)(C)C)cccc4c(=O)[nH]3)cc2)CC1. The van der Waals surface area contributed by atoms with Crippen molar-refractivity contribution in [3.05, 3.63) is 70.0 Å². The van der Waals surface area contributed by atoms with Crippen LogP contribution in [0.3, 0.4) is 0 Å². The van der Waals surface area contributed by atoms with Gasteiger partial charge in [0.1, 0.15) is 5.60 Å². The average Bonchev–Trinajstić information content (AvgIpc) is 2.78. The maximum Gasteiger partial charge on any atom is 0.407 e. The van der Waals surface area contributed by atoms with Gasteiger partial charge in [0.25, 0.3) is 5.56 Å². The highest BCUT2D eigenvalue weighted by Crippen LogP contribution is 2.23. The minimum atomic E-state index is -0.566. The molecule has 1 amide bonds. The summed E-state index contributed by atoms with van der Waals surface area (Å²) in [5.41, 5.74) is 3.13. The smallest absolute Gasteiger partial charge is 0.407 e. The van der Waals surface area contributed by atoms with Gasteiger partial charge < -0.3 is 19.9 Å². The number of fused-ring (bicyclic) bond motifs is 1. The number of nitrogens with one attached hydrogen (secondary N) is 2. The standard InChI is InChI=1S/C27H34N4O3/c1-27(2,3)34-26(33)28-17-21-6-5-7-22-23(21)16-24(29-25(22)32)20-10-8-19(9-11-20)18-31-14-12-30(4)13-15-31/h5-11,16H,12-15,17-18H2,1-4H3,(H,28,33)(H,29,32). The highest BCUT2D eigenvalue weighted by atomic mass is 16.6. The molecule has 0 radical (unpaired) electrons. The number of alkyl carbamates (subject to hydrolysis) is 1. The third kappa shape index (κ3) is 6.04. The monoisotopic (exact) mass is 462 g/mol. The van der Waals surface area contributed by atoms with Crippen molar-refractivity contribution in [1.82, 2.24) is 20.1 Å². The molecule has 0 unspecified atom stereocenters. The maximum absolute atomic E-state index is 12.8. The van der Waals surface area contributed by atoms with E-state index in [2.05, 4.69) is 51.4 Å². The summed E-state index contributed by atoms with van der Waals surface area (Å²) < 4.78 is 5.34. The van der Waals surface area contributed by atoms with E-state index in [1.54, 1.807) is 6.07 Å². The van der Waals surface area contributed by atoms with E-state index in [1.807, 2.05) is 39.0 Å². The molecule has 0 aliphatic carbocycles. The van der Waals surface area contributed by atoms with Crippen LogP contribution in [0.4, 0.5) is 4.79 Å². The van der Waals surface area contributed by atoms with Crippen LogP contribution < -0.4 is 10.9 Å². The van der Waals surface area contributed by atoms with Crippen LogP contribution in [0.15, 0.2) is 53.3 Å². The number of carbonyl (C=O) groups is 1. The van der Waals surface area contributed by atoms with Crippen LogP contribution in [0.2, 0.25) is 0 Å². The Hall–Kier alpha value is -3.16. The maximum atomic E-state index is 12.8.